The number of benzene rings is 1. The summed E-state index contributed by atoms with van der Waals surface area (Å²) in [5.74, 6) is 0.801. The molecular weight excluding hydrogens is 250 g/mol. The molecule has 1 N–H and O–H groups in total. The van der Waals surface area contributed by atoms with Crippen molar-refractivity contribution in [1.82, 2.24) is 4.90 Å². The van der Waals surface area contributed by atoms with Crippen LogP contribution < -0.4 is 4.74 Å². The van der Waals surface area contributed by atoms with E-state index < -0.39 is 6.10 Å². The van der Waals surface area contributed by atoms with Gasteiger partial charge in [0.2, 0.25) is 0 Å². The first-order valence-corrected chi connectivity index (χ1v) is 7.67. The molecule has 1 aromatic carbocycles. The largest absolute Gasteiger partial charge is 0.496 e. The maximum absolute atomic E-state index is 10.6. The summed E-state index contributed by atoms with van der Waals surface area (Å²) in [6.45, 7) is 7.06. The first-order chi connectivity index (χ1) is 9.61. The molecule has 20 heavy (non-hydrogen) atoms. The third-order valence-corrected chi connectivity index (χ3v) is 4.33. The van der Waals surface area contributed by atoms with E-state index in [0.29, 0.717) is 6.54 Å². The van der Waals surface area contributed by atoms with E-state index >= 15 is 0 Å². The molecule has 0 amide bonds. The standard InChI is InChI=1S/C17H27NO2/c1-13-10-15(17(20-3)11-14(13)2)16(19)12-18-8-6-4-5-7-9-18/h10-11,16,19H,4-9,12H2,1-3H3. The monoisotopic (exact) mass is 277 g/mol. The van der Waals surface area contributed by atoms with Crippen molar-refractivity contribution in [2.45, 2.75) is 45.6 Å². The van der Waals surface area contributed by atoms with Crippen molar-refractivity contribution in [1.29, 1.82) is 0 Å². The molecule has 0 bridgehead atoms. The first-order valence-electron chi connectivity index (χ1n) is 7.67. The Balaban J connectivity index is 2.11. The number of β-amino-alcohol motifs (C(OH)–C–C–N with tert-alkyl or cyclic N) is 1. The van der Waals surface area contributed by atoms with Gasteiger partial charge in [0.15, 0.2) is 0 Å². The van der Waals surface area contributed by atoms with E-state index in [1.807, 2.05) is 6.07 Å². The molecule has 0 spiro atoms. The highest BCUT2D eigenvalue weighted by atomic mass is 16.5. The Hall–Kier alpha value is -1.06. The molecule has 1 unspecified atom stereocenters. The van der Waals surface area contributed by atoms with Gasteiger partial charge in [-0.2, -0.15) is 0 Å². The normalized spacial score (nSPS) is 18.6. The van der Waals surface area contributed by atoms with E-state index in [0.717, 1.165) is 24.4 Å². The Morgan fingerprint density at radius 2 is 1.70 bits per heavy atom. The third kappa shape index (κ3) is 3.74. The van der Waals surface area contributed by atoms with Gasteiger partial charge in [-0.25, -0.2) is 0 Å². The number of aliphatic hydroxyl groups excluding tert-OH is 1. The number of aliphatic hydroxyl groups is 1. The van der Waals surface area contributed by atoms with Gasteiger partial charge in [-0.05, 0) is 63.0 Å². The predicted molar refractivity (Wildman–Crippen MR) is 82.3 cm³/mol. The lowest BCUT2D eigenvalue weighted by atomic mass is 10.0. The highest BCUT2D eigenvalue weighted by Crippen LogP contribution is 2.29. The van der Waals surface area contributed by atoms with Crippen LogP contribution in [-0.2, 0) is 0 Å². The molecule has 1 atom stereocenters. The Kier molecular flexibility index (Phi) is 5.44. The zero-order chi connectivity index (χ0) is 14.5. The lowest BCUT2D eigenvalue weighted by Crippen LogP contribution is -2.29. The zero-order valence-corrected chi connectivity index (χ0v) is 13.0. The van der Waals surface area contributed by atoms with Crippen molar-refractivity contribution in [3.63, 3.8) is 0 Å². The number of rotatable bonds is 4. The lowest BCUT2D eigenvalue weighted by Gasteiger charge is -2.24. The van der Waals surface area contributed by atoms with Crippen LogP contribution in [0.15, 0.2) is 12.1 Å². The first kappa shape index (κ1) is 15.3. The Morgan fingerprint density at radius 3 is 2.30 bits per heavy atom. The van der Waals surface area contributed by atoms with E-state index in [1.54, 1.807) is 7.11 Å². The summed E-state index contributed by atoms with van der Waals surface area (Å²) in [5.41, 5.74) is 3.32. The van der Waals surface area contributed by atoms with Crippen LogP contribution >= 0.6 is 0 Å². The predicted octanol–water partition coefficient (Wildman–Crippen LogP) is 3.22. The molecule has 1 aliphatic rings. The molecule has 1 saturated heterocycles. The molecule has 1 aliphatic heterocycles. The second-order valence-electron chi connectivity index (χ2n) is 5.91. The molecule has 1 aromatic rings. The summed E-state index contributed by atoms with van der Waals surface area (Å²) in [6, 6.07) is 4.09. The van der Waals surface area contributed by atoms with Crippen molar-refractivity contribution in [3.8, 4) is 5.75 Å². The summed E-state index contributed by atoms with van der Waals surface area (Å²) in [7, 11) is 1.67. The molecule has 0 aliphatic carbocycles. The van der Waals surface area contributed by atoms with Crippen LogP contribution in [0.1, 0.15) is 48.5 Å². The SMILES string of the molecule is COc1cc(C)c(C)cc1C(O)CN1CCCCCC1. The topological polar surface area (TPSA) is 32.7 Å². The fraction of sp³-hybridized carbons (Fsp3) is 0.647. The van der Waals surface area contributed by atoms with Gasteiger partial charge in [0.1, 0.15) is 5.75 Å². The van der Waals surface area contributed by atoms with Crippen LogP contribution in [0.2, 0.25) is 0 Å². The third-order valence-electron chi connectivity index (χ3n) is 4.33. The molecule has 112 valence electrons. The molecule has 0 saturated carbocycles. The molecule has 1 heterocycles. The highest BCUT2D eigenvalue weighted by Gasteiger charge is 2.19. The van der Waals surface area contributed by atoms with Crippen LogP contribution in [0.5, 0.6) is 5.75 Å². The Morgan fingerprint density at radius 1 is 1.10 bits per heavy atom. The zero-order valence-electron chi connectivity index (χ0n) is 13.0. The summed E-state index contributed by atoms with van der Waals surface area (Å²) in [6.07, 6.45) is 4.66. The van der Waals surface area contributed by atoms with Gasteiger partial charge in [-0.3, -0.25) is 0 Å². The van der Waals surface area contributed by atoms with E-state index in [9.17, 15) is 5.11 Å². The number of hydrogen-bond acceptors (Lipinski definition) is 3. The van der Waals surface area contributed by atoms with Crippen molar-refractivity contribution in [3.05, 3.63) is 28.8 Å². The van der Waals surface area contributed by atoms with E-state index in [4.69, 9.17) is 4.74 Å². The van der Waals surface area contributed by atoms with Gasteiger partial charge >= 0.3 is 0 Å². The summed E-state index contributed by atoms with van der Waals surface area (Å²) < 4.78 is 5.44. The fourth-order valence-electron chi connectivity index (χ4n) is 2.91. The molecular formula is C17H27NO2. The van der Waals surface area contributed by atoms with Gasteiger partial charge in [0.25, 0.3) is 0 Å². The minimum absolute atomic E-state index is 0.470. The van der Waals surface area contributed by atoms with Gasteiger partial charge < -0.3 is 14.7 Å². The maximum atomic E-state index is 10.6. The summed E-state index contributed by atoms with van der Waals surface area (Å²) >= 11 is 0. The number of nitrogens with zero attached hydrogens (tertiary/aromatic N) is 1. The fourth-order valence-corrected chi connectivity index (χ4v) is 2.91. The van der Waals surface area contributed by atoms with Gasteiger partial charge in [-0.1, -0.05) is 12.8 Å². The minimum Gasteiger partial charge on any atom is -0.496 e. The van der Waals surface area contributed by atoms with Crippen molar-refractivity contribution >= 4 is 0 Å². The number of likely N-dealkylation sites (tertiary alicyclic amines) is 1. The second-order valence-corrected chi connectivity index (χ2v) is 5.91. The quantitative estimate of drug-likeness (QED) is 0.917. The molecule has 3 heteroatoms. The van der Waals surface area contributed by atoms with E-state index in [1.165, 1.54) is 36.8 Å². The van der Waals surface area contributed by atoms with Crippen LogP contribution in [0, 0.1) is 13.8 Å². The second kappa shape index (κ2) is 7.09. The van der Waals surface area contributed by atoms with Gasteiger partial charge in [0, 0.05) is 12.1 Å². The Bertz CT molecular complexity index is 437. The smallest absolute Gasteiger partial charge is 0.124 e. The van der Waals surface area contributed by atoms with Gasteiger partial charge in [-0.15, -0.1) is 0 Å². The van der Waals surface area contributed by atoms with Crippen molar-refractivity contribution < 1.29 is 9.84 Å². The van der Waals surface area contributed by atoms with Crippen LogP contribution in [-0.4, -0.2) is 36.8 Å². The molecule has 3 nitrogen and oxygen atoms in total. The number of hydrogen-bond donors (Lipinski definition) is 1. The van der Waals surface area contributed by atoms with Crippen molar-refractivity contribution in [2.24, 2.45) is 0 Å². The van der Waals surface area contributed by atoms with Crippen LogP contribution in [0.3, 0.4) is 0 Å². The average molecular weight is 277 g/mol. The van der Waals surface area contributed by atoms with Crippen LogP contribution in [0.25, 0.3) is 0 Å². The maximum Gasteiger partial charge on any atom is 0.124 e. The van der Waals surface area contributed by atoms with Gasteiger partial charge in [0.05, 0.1) is 13.2 Å². The molecule has 0 radical (unpaired) electrons. The number of aryl methyl sites for hydroxylation is 2. The minimum atomic E-state index is -0.470. The lowest BCUT2D eigenvalue weighted by molar-refractivity contribution is 0.112. The average Bonchev–Trinajstić information content (AvgIpc) is 2.69. The summed E-state index contributed by atoms with van der Waals surface area (Å²) in [5, 5.41) is 10.6. The highest BCUT2D eigenvalue weighted by molar-refractivity contribution is 5.43. The molecule has 0 aromatic heterocycles. The molecule has 2 rings (SSSR count). The van der Waals surface area contributed by atoms with Crippen LogP contribution in [0.4, 0.5) is 0 Å². The molecule has 1 fully saturated rings. The van der Waals surface area contributed by atoms with Crippen molar-refractivity contribution in [2.75, 3.05) is 26.7 Å². The van der Waals surface area contributed by atoms with E-state index in [2.05, 4.69) is 24.8 Å². The van der Waals surface area contributed by atoms with E-state index in [-0.39, 0.29) is 0 Å². The number of ether oxygens (including phenoxy) is 1. The summed E-state index contributed by atoms with van der Waals surface area (Å²) in [4.78, 5) is 2.38. The number of methoxy groups -OCH3 is 1. The Labute approximate surface area is 122 Å².